The van der Waals surface area contributed by atoms with E-state index in [1.54, 1.807) is 0 Å². The van der Waals surface area contributed by atoms with Gasteiger partial charge in [-0.3, -0.25) is 0 Å². The number of methoxy groups -OCH3 is 1. The number of nitrogens with one attached hydrogen (secondary N) is 1. The van der Waals surface area contributed by atoms with Crippen LogP contribution in [-0.2, 0) is 19.0 Å². The van der Waals surface area contributed by atoms with Gasteiger partial charge in [-0.2, -0.15) is 0 Å². The Morgan fingerprint density at radius 3 is 2.75 bits per heavy atom. The molecular formula is C15H29NO4. The Morgan fingerprint density at radius 1 is 1.45 bits per heavy atom. The average molecular weight is 287 g/mol. The molecule has 1 rings (SSSR count). The molecule has 0 spiro atoms. The molecule has 0 amide bonds. The van der Waals surface area contributed by atoms with Crippen LogP contribution >= 0.6 is 0 Å². The van der Waals surface area contributed by atoms with Gasteiger partial charge < -0.3 is 19.5 Å². The Bertz CT molecular complexity index is 285. The minimum Gasteiger partial charge on any atom is -0.467 e. The van der Waals surface area contributed by atoms with Crippen molar-refractivity contribution in [2.24, 2.45) is 5.92 Å². The van der Waals surface area contributed by atoms with Crippen molar-refractivity contribution < 1.29 is 19.0 Å². The first-order chi connectivity index (χ1) is 9.67. The molecule has 118 valence electrons. The molecule has 0 radical (unpaired) electrons. The van der Waals surface area contributed by atoms with Crippen molar-refractivity contribution in [3.8, 4) is 0 Å². The smallest absolute Gasteiger partial charge is 0.336 e. The quantitative estimate of drug-likeness (QED) is 0.693. The maximum absolute atomic E-state index is 12.0. The highest BCUT2D eigenvalue weighted by molar-refractivity contribution is 5.75. The van der Waals surface area contributed by atoms with Crippen LogP contribution in [0.2, 0.25) is 0 Å². The van der Waals surface area contributed by atoms with Crippen molar-refractivity contribution in [1.82, 2.24) is 5.32 Å². The molecule has 0 bridgehead atoms. The molecule has 0 aromatic carbocycles. The molecule has 0 saturated carbocycles. The van der Waals surface area contributed by atoms with Gasteiger partial charge in [-0.15, -0.1) is 0 Å². The van der Waals surface area contributed by atoms with Crippen molar-refractivity contribution in [2.75, 3.05) is 20.8 Å². The van der Waals surface area contributed by atoms with Crippen LogP contribution < -0.4 is 5.32 Å². The molecule has 0 aliphatic carbocycles. The molecule has 0 aromatic heterocycles. The number of carbonyl (C=O) groups excluding carboxylic acids is 1. The molecular weight excluding hydrogens is 258 g/mol. The van der Waals surface area contributed by atoms with Crippen LogP contribution in [0.3, 0.4) is 0 Å². The summed E-state index contributed by atoms with van der Waals surface area (Å²) >= 11 is 0. The molecule has 1 heterocycles. The highest BCUT2D eigenvalue weighted by Crippen LogP contribution is 2.26. The van der Waals surface area contributed by atoms with E-state index in [1.165, 1.54) is 7.11 Å². The minimum absolute atomic E-state index is 0.0458. The van der Waals surface area contributed by atoms with Crippen LogP contribution in [0.4, 0.5) is 0 Å². The Labute approximate surface area is 122 Å². The Morgan fingerprint density at radius 2 is 2.20 bits per heavy atom. The van der Waals surface area contributed by atoms with E-state index in [9.17, 15) is 4.79 Å². The Hall–Kier alpha value is -0.650. The largest absolute Gasteiger partial charge is 0.467 e. The Kier molecular flexibility index (Phi) is 8.11. The van der Waals surface area contributed by atoms with Crippen LogP contribution in [0, 0.1) is 5.92 Å². The lowest BCUT2D eigenvalue weighted by Crippen LogP contribution is -2.49. The molecule has 0 aromatic rings. The van der Waals surface area contributed by atoms with E-state index in [1.807, 2.05) is 7.05 Å². The van der Waals surface area contributed by atoms with Crippen molar-refractivity contribution in [3.63, 3.8) is 0 Å². The fraction of sp³-hybridized carbons (Fsp3) is 0.933. The van der Waals surface area contributed by atoms with Gasteiger partial charge in [0.1, 0.15) is 0 Å². The lowest BCUT2D eigenvalue weighted by atomic mass is 9.97. The highest BCUT2D eigenvalue weighted by Gasteiger charge is 2.35. The van der Waals surface area contributed by atoms with E-state index < -0.39 is 6.10 Å². The predicted octanol–water partition coefficient (Wildman–Crippen LogP) is 2.10. The second kappa shape index (κ2) is 9.32. The number of ether oxygens (including phenoxy) is 3. The number of hydrogen-bond donors (Lipinski definition) is 1. The van der Waals surface area contributed by atoms with Crippen molar-refractivity contribution in [1.29, 1.82) is 0 Å². The third kappa shape index (κ3) is 4.72. The van der Waals surface area contributed by atoms with Gasteiger partial charge >= 0.3 is 5.97 Å². The molecule has 1 fully saturated rings. The maximum atomic E-state index is 12.0. The lowest BCUT2D eigenvalue weighted by Gasteiger charge is -2.35. The summed E-state index contributed by atoms with van der Waals surface area (Å²) < 4.78 is 16.6. The molecule has 4 atom stereocenters. The standard InChI is InChI=1S/C15H29NO4/c1-5-8-12(16-3)13(14(17)18-4)20-15-11(6-2)9-7-10-19-15/h11-13,15-16H,5-10H2,1-4H3/t11?,12-,13?,15?/m0/s1. The first kappa shape index (κ1) is 17.4. The third-order valence-electron chi connectivity index (χ3n) is 3.96. The highest BCUT2D eigenvalue weighted by atomic mass is 16.7. The third-order valence-corrected chi connectivity index (χ3v) is 3.96. The minimum atomic E-state index is -0.609. The van der Waals surface area contributed by atoms with Crippen LogP contribution in [0.25, 0.3) is 0 Å². The van der Waals surface area contributed by atoms with E-state index >= 15 is 0 Å². The first-order valence-corrected chi connectivity index (χ1v) is 7.70. The van der Waals surface area contributed by atoms with Gasteiger partial charge in [0.25, 0.3) is 0 Å². The van der Waals surface area contributed by atoms with E-state index in [4.69, 9.17) is 14.2 Å². The van der Waals surface area contributed by atoms with E-state index in [2.05, 4.69) is 19.2 Å². The zero-order valence-corrected chi connectivity index (χ0v) is 13.2. The van der Waals surface area contributed by atoms with Gasteiger partial charge in [0, 0.05) is 18.6 Å². The fourth-order valence-corrected chi connectivity index (χ4v) is 2.70. The van der Waals surface area contributed by atoms with Crippen molar-refractivity contribution >= 4 is 5.97 Å². The predicted molar refractivity (Wildman–Crippen MR) is 77.4 cm³/mol. The number of likely N-dealkylation sites (N-methyl/N-ethyl adjacent to an activating group) is 1. The van der Waals surface area contributed by atoms with E-state index in [0.717, 1.165) is 32.1 Å². The summed E-state index contributed by atoms with van der Waals surface area (Å²) in [6.45, 7) is 4.92. The monoisotopic (exact) mass is 287 g/mol. The van der Waals surface area contributed by atoms with Crippen LogP contribution in [0.15, 0.2) is 0 Å². The SMILES string of the molecule is CCC[C@H](NC)C(OC1OCCCC1CC)C(=O)OC. The molecule has 3 unspecified atom stereocenters. The van der Waals surface area contributed by atoms with Crippen LogP contribution in [0.5, 0.6) is 0 Å². The summed E-state index contributed by atoms with van der Waals surface area (Å²) in [6.07, 6.45) is 4.08. The molecule has 1 saturated heterocycles. The van der Waals surface area contributed by atoms with Gasteiger partial charge in [0.05, 0.1) is 7.11 Å². The van der Waals surface area contributed by atoms with Gasteiger partial charge in [0.15, 0.2) is 12.4 Å². The number of rotatable bonds is 8. The van der Waals surface area contributed by atoms with E-state index in [-0.39, 0.29) is 18.3 Å². The molecule has 20 heavy (non-hydrogen) atoms. The Balaban J connectivity index is 2.74. The number of esters is 1. The van der Waals surface area contributed by atoms with Gasteiger partial charge in [-0.1, -0.05) is 20.3 Å². The molecule has 1 aliphatic rings. The second-order valence-corrected chi connectivity index (χ2v) is 5.31. The zero-order valence-electron chi connectivity index (χ0n) is 13.2. The molecule has 5 heteroatoms. The van der Waals surface area contributed by atoms with Gasteiger partial charge in [-0.25, -0.2) is 4.79 Å². The summed E-state index contributed by atoms with van der Waals surface area (Å²) in [5.41, 5.74) is 0. The van der Waals surface area contributed by atoms with E-state index in [0.29, 0.717) is 12.5 Å². The van der Waals surface area contributed by atoms with Crippen molar-refractivity contribution in [3.05, 3.63) is 0 Å². The normalized spacial score (nSPS) is 26.0. The summed E-state index contributed by atoms with van der Waals surface area (Å²) in [4.78, 5) is 12.0. The summed E-state index contributed by atoms with van der Waals surface area (Å²) in [5, 5.41) is 3.16. The first-order valence-electron chi connectivity index (χ1n) is 7.70. The topological polar surface area (TPSA) is 56.8 Å². The molecule has 1 aliphatic heterocycles. The number of carbonyl (C=O) groups is 1. The lowest BCUT2D eigenvalue weighted by molar-refractivity contribution is -0.227. The second-order valence-electron chi connectivity index (χ2n) is 5.31. The summed E-state index contributed by atoms with van der Waals surface area (Å²) in [5.74, 6) is 0.0249. The average Bonchev–Trinajstić information content (AvgIpc) is 2.50. The zero-order chi connectivity index (χ0) is 15.0. The van der Waals surface area contributed by atoms with Crippen molar-refractivity contribution in [2.45, 2.75) is 64.4 Å². The number of hydrogen-bond acceptors (Lipinski definition) is 5. The molecule has 1 N–H and O–H groups in total. The fourth-order valence-electron chi connectivity index (χ4n) is 2.70. The summed E-state index contributed by atoms with van der Waals surface area (Å²) in [7, 11) is 3.25. The van der Waals surface area contributed by atoms with Gasteiger partial charge in [-0.05, 0) is 32.7 Å². The summed E-state index contributed by atoms with van der Waals surface area (Å²) in [6, 6.07) is -0.0458. The maximum Gasteiger partial charge on any atom is 0.336 e. The van der Waals surface area contributed by atoms with Crippen LogP contribution in [0.1, 0.15) is 46.0 Å². The van der Waals surface area contributed by atoms with Gasteiger partial charge in [0.2, 0.25) is 0 Å². The van der Waals surface area contributed by atoms with Crippen LogP contribution in [-0.4, -0.2) is 45.2 Å². The molecule has 5 nitrogen and oxygen atoms in total.